The molecule has 1 amide bonds. The third-order valence-electron chi connectivity index (χ3n) is 3.39. The summed E-state index contributed by atoms with van der Waals surface area (Å²) in [5.74, 6) is -2.25. The molecule has 0 saturated heterocycles. The van der Waals surface area contributed by atoms with Gasteiger partial charge in [0.15, 0.2) is 11.6 Å². The van der Waals surface area contributed by atoms with Gasteiger partial charge in [0.25, 0.3) is 5.91 Å². The summed E-state index contributed by atoms with van der Waals surface area (Å²) in [4.78, 5) is 16.8. The van der Waals surface area contributed by atoms with Crippen LogP contribution in [-0.4, -0.2) is 35.4 Å². The first-order valence-corrected chi connectivity index (χ1v) is 7.59. The van der Waals surface area contributed by atoms with E-state index in [2.05, 4.69) is 16.1 Å². The minimum atomic E-state index is -1.40. The highest BCUT2D eigenvalue weighted by Crippen LogP contribution is 2.28. The van der Waals surface area contributed by atoms with Crippen molar-refractivity contribution in [1.82, 2.24) is 5.48 Å². The van der Waals surface area contributed by atoms with Gasteiger partial charge in [0, 0.05) is 5.56 Å². The standard InChI is InChI=1S/C18H15F3N2O4/c1-2-10-3-6-15(14(20)7-10)22-17-12(4-5-13(19)16(17)21)18(26)23-27-9-11(25)8-24/h1,3-7,11,22,24-25H,8-9H2,(H,23,26). The van der Waals surface area contributed by atoms with Gasteiger partial charge in [-0.05, 0) is 30.3 Å². The van der Waals surface area contributed by atoms with E-state index in [0.29, 0.717) is 0 Å². The number of anilines is 2. The predicted octanol–water partition coefficient (Wildman–Crippen LogP) is 1.84. The molecule has 0 spiro atoms. The van der Waals surface area contributed by atoms with Gasteiger partial charge in [-0.1, -0.05) is 5.92 Å². The Morgan fingerprint density at radius 3 is 2.59 bits per heavy atom. The fraction of sp³-hybridized carbons (Fsp3) is 0.167. The molecule has 0 bridgehead atoms. The fourth-order valence-corrected chi connectivity index (χ4v) is 2.01. The largest absolute Gasteiger partial charge is 0.394 e. The van der Waals surface area contributed by atoms with Gasteiger partial charge >= 0.3 is 0 Å². The highest BCUT2D eigenvalue weighted by Gasteiger charge is 2.20. The second kappa shape index (κ2) is 9.05. The van der Waals surface area contributed by atoms with Crippen molar-refractivity contribution >= 4 is 17.3 Å². The summed E-state index contributed by atoms with van der Waals surface area (Å²) in [6, 6.07) is 5.29. The lowest BCUT2D eigenvalue weighted by molar-refractivity contribution is -0.0295. The number of carbonyl (C=O) groups excluding carboxylic acids is 1. The number of nitrogens with one attached hydrogen (secondary N) is 2. The smallest absolute Gasteiger partial charge is 0.277 e. The number of rotatable bonds is 7. The van der Waals surface area contributed by atoms with E-state index in [1.165, 1.54) is 12.1 Å². The van der Waals surface area contributed by atoms with Crippen molar-refractivity contribution in [1.29, 1.82) is 0 Å². The summed E-state index contributed by atoms with van der Waals surface area (Å²) in [7, 11) is 0. The van der Waals surface area contributed by atoms with Crippen LogP contribution in [0.5, 0.6) is 0 Å². The molecule has 0 heterocycles. The molecule has 9 heteroatoms. The molecule has 0 fully saturated rings. The molecule has 0 aliphatic rings. The van der Waals surface area contributed by atoms with Crippen molar-refractivity contribution in [3.05, 3.63) is 58.9 Å². The third kappa shape index (κ3) is 4.98. The molecule has 142 valence electrons. The number of aliphatic hydroxyl groups is 2. The van der Waals surface area contributed by atoms with Crippen LogP contribution in [0.2, 0.25) is 0 Å². The average molecular weight is 380 g/mol. The maximum absolute atomic E-state index is 14.2. The molecule has 0 aromatic heterocycles. The third-order valence-corrected chi connectivity index (χ3v) is 3.39. The van der Waals surface area contributed by atoms with Crippen LogP contribution in [0.25, 0.3) is 0 Å². The van der Waals surface area contributed by atoms with Crippen molar-refractivity contribution in [3.8, 4) is 12.3 Å². The summed E-state index contributed by atoms with van der Waals surface area (Å²) >= 11 is 0. The van der Waals surface area contributed by atoms with Crippen molar-refractivity contribution in [3.63, 3.8) is 0 Å². The second-order valence-electron chi connectivity index (χ2n) is 5.33. The normalized spacial score (nSPS) is 11.6. The van der Waals surface area contributed by atoms with Crippen LogP contribution in [0.3, 0.4) is 0 Å². The number of carbonyl (C=O) groups is 1. The Morgan fingerprint density at radius 1 is 1.22 bits per heavy atom. The van der Waals surface area contributed by atoms with Crippen LogP contribution >= 0.6 is 0 Å². The SMILES string of the molecule is C#Cc1ccc(Nc2c(C(=O)NOCC(O)CO)ccc(F)c2F)c(F)c1. The number of hydroxylamine groups is 1. The van der Waals surface area contributed by atoms with Gasteiger partial charge in [0.05, 0.1) is 23.5 Å². The lowest BCUT2D eigenvalue weighted by Crippen LogP contribution is -2.30. The molecule has 2 aromatic rings. The van der Waals surface area contributed by atoms with Gasteiger partial charge in [-0.2, -0.15) is 0 Å². The number of hydrogen-bond donors (Lipinski definition) is 4. The molecule has 0 saturated carbocycles. The van der Waals surface area contributed by atoms with E-state index in [-0.39, 0.29) is 16.8 Å². The van der Waals surface area contributed by atoms with E-state index in [1.807, 2.05) is 5.48 Å². The average Bonchev–Trinajstić information content (AvgIpc) is 2.66. The van der Waals surface area contributed by atoms with Crippen molar-refractivity contribution in [2.75, 3.05) is 18.5 Å². The Hall–Kier alpha value is -3.06. The number of hydrogen-bond acceptors (Lipinski definition) is 5. The van der Waals surface area contributed by atoms with Crippen molar-refractivity contribution in [2.45, 2.75) is 6.10 Å². The van der Waals surface area contributed by atoms with Crippen LogP contribution in [0, 0.1) is 29.8 Å². The highest BCUT2D eigenvalue weighted by atomic mass is 19.2. The Balaban J connectivity index is 2.29. The van der Waals surface area contributed by atoms with Crippen LogP contribution in [0.15, 0.2) is 30.3 Å². The number of benzene rings is 2. The lowest BCUT2D eigenvalue weighted by Gasteiger charge is -2.15. The van der Waals surface area contributed by atoms with Gasteiger partial charge in [0.2, 0.25) is 0 Å². The first-order valence-electron chi connectivity index (χ1n) is 7.59. The first kappa shape index (κ1) is 20.3. The van der Waals surface area contributed by atoms with Crippen LogP contribution < -0.4 is 10.8 Å². The Labute approximate surface area is 152 Å². The molecule has 0 aliphatic carbocycles. The van der Waals surface area contributed by atoms with Crippen LogP contribution in [0.4, 0.5) is 24.5 Å². The number of terminal acetylenes is 1. The van der Waals surface area contributed by atoms with Gasteiger partial charge in [-0.25, -0.2) is 18.7 Å². The summed E-state index contributed by atoms with van der Waals surface area (Å²) in [6.45, 7) is -1.03. The minimum absolute atomic E-state index is 0.232. The maximum Gasteiger partial charge on any atom is 0.277 e. The quantitative estimate of drug-likeness (QED) is 0.435. The van der Waals surface area contributed by atoms with Crippen molar-refractivity contribution < 1.29 is 33.0 Å². The molecular weight excluding hydrogens is 365 g/mol. The first-order chi connectivity index (χ1) is 12.9. The molecule has 0 aliphatic heterocycles. The molecule has 6 nitrogen and oxygen atoms in total. The van der Waals surface area contributed by atoms with E-state index < -0.39 is 48.4 Å². The molecule has 1 unspecified atom stereocenters. The predicted molar refractivity (Wildman–Crippen MR) is 90.5 cm³/mol. The molecule has 27 heavy (non-hydrogen) atoms. The topological polar surface area (TPSA) is 90.8 Å². The number of halogens is 3. The zero-order valence-electron chi connectivity index (χ0n) is 13.8. The maximum atomic E-state index is 14.2. The van der Waals surface area contributed by atoms with Crippen LogP contribution in [-0.2, 0) is 4.84 Å². The van der Waals surface area contributed by atoms with Crippen molar-refractivity contribution in [2.24, 2.45) is 0 Å². The molecule has 1 atom stereocenters. The minimum Gasteiger partial charge on any atom is -0.394 e. The zero-order valence-corrected chi connectivity index (χ0v) is 13.8. The van der Waals surface area contributed by atoms with Crippen LogP contribution in [0.1, 0.15) is 15.9 Å². The van der Waals surface area contributed by atoms with E-state index in [0.717, 1.165) is 18.2 Å². The monoisotopic (exact) mass is 380 g/mol. The molecule has 0 radical (unpaired) electrons. The Kier molecular flexibility index (Phi) is 6.79. The number of aliphatic hydroxyl groups excluding tert-OH is 2. The Morgan fingerprint density at radius 2 is 1.96 bits per heavy atom. The highest BCUT2D eigenvalue weighted by molar-refractivity contribution is 6.00. The second-order valence-corrected chi connectivity index (χ2v) is 5.33. The van der Waals surface area contributed by atoms with Gasteiger partial charge < -0.3 is 15.5 Å². The zero-order chi connectivity index (χ0) is 20.0. The molecule has 4 N–H and O–H groups in total. The fourth-order valence-electron chi connectivity index (χ4n) is 2.01. The molecule has 2 rings (SSSR count). The van der Waals surface area contributed by atoms with E-state index in [4.69, 9.17) is 16.6 Å². The van der Waals surface area contributed by atoms with Gasteiger partial charge in [-0.3, -0.25) is 9.63 Å². The molecular formula is C18H15F3N2O4. The summed E-state index contributed by atoms with van der Waals surface area (Å²) < 4.78 is 41.9. The summed E-state index contributed by atoms with van der Waals surface area (Å²) in [5, 5.41) is 20.1. The van der Waals surface area contributed by atoms with E-state index in [1.54, 1.807) is 0 Å². The summed E-state index contributed by atoms with van der Waals surface area (Å²) in [5.41, 5.74) is 0.919. The molecule has 2 aromatic carbocycles. The number of amides is 1. The van der Waals surface area contributed by atoms with Gasteiger partial charge in [0.1, 0.15) is 18.5 Å². The van der Waals surface area contributed by atoms with E-state index in [9.17, 15) is 18.0 Å². The van der Waals surface area contributed by atoms with Gasteiger partial charge in [-0.15, -0.1) is 6.42 Å². The Bertz CT molecular complexity index is 884. The summed E-state index contributed by atoms with van der Waals surface area (Å²) in [6.07, 6.45) is 3.92. The lowest BCUT2D eigenvalue weighted by atomic mass is 10.1. The van der Waals surface area contributed by atoms with E-state index >= 15 is 0 Å².